The van der Waals surface area contributed by atoms with E-state index < -0.39 is 0 Å². The monoisotopic (exact) mass is 278 g/mol. The zero-order chi connectivity index (χ0) is 14.5. The molecule has 0 bridgehead atoms. The second-order valence-corrected chi connectivity index (χ2v) is 5.87. The molecule has 5 nitrogen and oxygen atoms in total. The highest BCUT2D eigenvalue weighted by Crippen LogP contribution is 2.15. The van der Waals surface area contributed by atoms with Gasteiger partial charge in [-0.15, -0.1) is 0 Å². The summed E-state index contributed by atoms with van der Waals surface area (Å²) in [6.07, 6.45) is 2.82. The number of rotatable bonds is 5. The minimum atomic E-state index is 0.180. The number of amides is 1. The molecule has 2 atom stereocenters. The summed E-state index contributed by atoms with van der Waals surface area (Å²) in [5.74, 6) is 0.395. The van der Waals surface area contributed by atoms with Gasteiger partial charge in [-0.1, -0.05) is 0 Å². The summed E-state index contributed by atoms with van der Waals surface area (Å²) < 4.78 is 2.01. The third-order valence-electron chi connectivity index (χ3n) is 3.94. The van der Waals surface area contributed by atoms with Gasteiger partial charge >= 0.3 is 0 Å². The summed E-state index contributed by atoms with van der Waals surface area (Å²) in [5, 5.41) is 10.9. The smallest absolute Gasteiger partial charge is 0.223 e. The minimum absolute atomic E-state index is 0.180. The molecule has 1 fully saturated rings. The van der Waals surface area contributed by atoms with Crippen molar-refractivity contribution < 1.29 is 4.79 Å². The molecule has 2 N–H and O–H groups in total. The lowest BCUT2D eigenvalue weighted by Gasteiger charge is -2.27. The SMILES string of the molecule is Cc1cc(C)n(CCCNC(=O)C2CCNC(C)C2)n1. The number of carbonyl (C=O) groups excluding carboxylic acids is 1. The maximum Gasteiger partial charge on any atom is 0.223 e. The third-order valence-corrected chi connectivity index (χ3v) is 3.94. The first-order valence-corrected chi connectivity index (χ1v) is 7.58. The number of hydrogen-bond acceptors (Lipinski definition) is 3. The lowest BCUT2D eigenvalue weighted by atomic mass is 9.92. The first kappa shape index (κ1) is 15.0. The van der Waals surface area contributed by atoms with Crippen LogP contribution in [0.25, 0.3) is 0 Å². The number of aromatic nitrogens is 2. The van der Waals surface area contributed by atoms with Crippen molar-refractivity contribution >= 4 is 5.91 Å². The molecule has 1 saturated heterocycles. The van der Waals surface area contributed by atoms with Gasteiger partial charge in [0, 0.05) is 30.7 Å². The Morgan fingerprint density at radius 2 is 2.35 bits per heavy atom. The predicted octanol–water partition coefficient (Wildman–Crippen LogP) is 1.39. The molecule has 5 heteroatoms. The zero-order valence-corrected chi connectivity index (χ0v) is 12.8. The fourth-order valence-electron chi connectivity index (χ4n) is 2.86. The Morgan fingerprint density at radius 3 is 3.00 bits per heavy atom. The molecule has 2 heterocycles. The fraction of sp³-hybridized carbons (Fsp3) is 0.733. The molecule has 1 amide bonds. The van der Waals surface area contributed by atoms with Crippen LogP contribution < -0.4 is 10.6 Å². The van der Waals surface area contributed by atoms with Gasteiger partial charge < -0.3 is 10.6 Å². The Hall–Kier alpha value is -1.36. The molecule has 1 aromatic heterocycles. The van der Waals surface area contributed by atoms with Crippen molar-refractivity contribution in [2.45, 2.75) is 52.6 Å². The molecule has 2 unspecified atom stereocenters. The van der Waals surface area contributed by atoms with Crippen molar-refractivity contribution in [3.63, 3.8) is 0 Å². The molecule has 112 valence electrons. The van der Waals surface area contributed by atoms with Crippen LogP contribution in [0.15, 0.2) is 6.07 Å². The van der Waals surface area contributed by atoms with Crippen molar-refractivity contribution in [3.05, 3.63) is 17.5 Å². The van der Waals surface area contributed by atoms with E-state index in [4.69, 9.17) is 0 Å². The van der Waals surface area contributed by atoms with Gasteiger partial charge in [-0.25, -0.2) is 0 Å². The topological polar surface area (TPSA) is 59.0 Å². The number of nitrogens with zero attached hydrogens (tertiary/aromatic N) is 2. The van der Waals surface area contributed by atoms with Crippen molar-refractivity contribution in [1.82, 2.24) is 20.4 Å². The van der Waals surface area contributed by atoms with E-state index >= 15 is 0 Å². The van der Waals surface area contributed by atoms with Gasteiger partial charge in [0.05, 0.1) is 5.69 Å². The summed E-state index contributed by atoms with van der Waals surface area (Å²) in [7, 11) is 0. The minimum Gasteiger partial charge on any atom is -0.356 e. The molecule has 0 aromatic carbocycles. The van der Waals surface area contributed by atoms with Crippen LogP contribution >= 0.6 is 0 Å². The van der Waals surface area contributed by atoms with Crippen molar-refractivity contribution in [1.29, 1.82) is 0 Å². The number of aryl methyl sites for hydroxylation is 3. The lowest BCUT2D eigenvalue weighted by Crippen LogP contribution is -2.42. The average Bonchev–Trinajstić information content (AvgIpc) is 2.73. The van der Waals surface area contributed by atoms with E-state index in [1.165, 1.54) is 5.69 Å². The molecule has 1 aliphatic heterocycles. The molecule has 2 rings (SSSR count). The van der Waals surface area contributed by atoms with Gasteiger partial charge in [0.1, 0.15) is 0 Å². The first-order chi connectivity index (χ1) is 9.56. The maximum absolute atomic E-state index is 12.1. The van der Waals surface area contributed by atoms with Crippen molar-refractivity contribution in [3.8, 4) is 0 Å². The number of piperidine rings is 1. The van der Waals surface area contributed by atoms with E-state index in [1.54, 1.807) is 0 Å². The van der Waals surface area contributed by atoms with E-state index in [0.717, 1.165) is 44.6 Å². The van der Waals surface area contributed by atoms with Gasteiger partial charge in [-0.05, 0) is 52.6 Å². The Labute approximate surface area is 121 Å². The van der Waals surface area contributed by atoms with Crippen LogP contribution in [0.5, 0.6) is 0 Å². The molecule has 0 saturated carbocycles. The van der Waals surface area contributed by atoms with Crippen LogP contribution in [0.1, 0.15) is 37.6 Å². The quantitative estimate of drug-likeness (QED) is 0.800. The zero-order valence-electron chi connectivity index (χ0n) is 12.8. The molecule has 1 aromatic rings. The van der Waals surface area contributed by atoms with Crippen molar-refractivity contribution in [2.24, 2.45) is 5.92 Å². The lowest BCUT2D eigenvalue weighted by molar-refractivity contribution is -0.126. The maximum atomic E-state index is 12.1. The van der Waals surface area contributed by atoms with Gasteiger partial charge in [0.15, 0.2) is 0 Å². The Balaban J connectivity index is 1.68. The highest BCUT2D eigenvalue weighted by molar-refractivity contribution is 5.78. The summed E-state index contributed by atoms with van der Waals surface area (Å²) in [6.45, 7) is 8.75. The second-order valence-electron chi connectivity index (χ2n) is 5.87. The molecule has 0 radical (unpaired) electrons. The van der Waals surface area contributed by atoms with E-state index in [1.807, 2.05) is 11.6 Å². The summed E-state index contributed by atoms with van der Waals surface area (Å²) in [4.78, 5) is 12.1. The molecule has 1 aliphatic rings. The third kappa shape index (κ3) is 4.07. The van der Waals surface area contributed by atoms with E-state index in [0.29, 0.717) is 6.04 Å². The van der Waals surface area contributed by atoms with Gasteiger partial charge in [-0.3, -0.25) is 9.48 Å². The highest BCUT2D eigenvalue weighted by Gasteiger charge is 2.24. The molecular formula is C15H26N4O. The van der Waals surface area contributed by atoms with Crippen molar-refractivity contribution in [2.75, 3.05) is 13.1 Å². The van der Waals surface area contributed by atoms with Crippen LogP contribution in [0.3, 0.4) is 0 Å². The highest BCUT2D eigenvalue weighted by atomic mass is 16.1. The van der Waals surface area contributed by atoms with Crippen LogP contribution in [-0.4, -0.2) is 34.8 Å². The second kappa shape index (κ2) is 6.88. The summed E-state index contributed by atoms with van der Waals surface area (Å²) in [5.41, 5.74) is 2.23. The van der Waals surface area contributed by atoms with Gasteiger partial charge in [0.25, 0.3) is 0 Å². The fourth-order valence-corrected chi connectivity index (χ4v) is 2.86. The number of hydrogen-bond donors (Lipinski definition) is 2. The summed E-state index contributed by atoms with van der Waals surface area (Å²) in [6, 6.07) is 2.53. The van der Waals surface area contributed by atoms with Crippen LogP contribution in [-0.2, 0) is 11.3 Å². The first-order valence-electron chi connectivity index (χ1n) is 7.58. The Kier molecular flexibility index (Phi) is 5.17. The predicted molar refractivity (Wildman–Crippen MR) is 79.5 cm³/mol. The van der Waals surface area contributed by atoms with Crippen LogP contribution in [0.4, 0.5) is 0 Å². The molecule has 20 heavy (non-hydrogen) atoms. The van der Waals surface area contributed by atoms with Crippen LogP contribution in [0, 0.1) is 19.8 Å². The Bertz CT molecular complexity index is 455. The van der Waals surface area contributed by atoms with Crippen LogP contribution in [0.2, 0.25) is 0 Å². The molecule has 0 spiro atoms. The number of nitrogens with one attached hydrogen (secondary N) is 2. The van der Waals surface area contributed by atoms with E-state index in [-0.39, 0.29) is 11.8 Å². The van der Waals surface area contributed by atoms with E-state index in [2.05, 4.69) is 35.6 Å². The van der Waals surface area contributed by atoms with E-state index in [9.17, 15) is 4.79 Å². The summed E-state index contributed by atoms with van der Waals surface area (Å²) >= 11 is 0. The molecular weight excluding hydrogens is 252 g/mol. The number of carbonyl (C=O) groups is 1. The largest absolute Gasteiger partial charge is 0.356 e. The van der Waals surface area contributed by atoms with Gasteiger partial charge in [-0.2, -0.15) is 5.10 Å². The normalized spacial score (nSPS) is 22.8. The van der Waals surface area contributed by atoms with Gasteiger partial charge in [0.2, 0.25) is 5.91 Å². The average molecular weight is 278 g/mol. The standard InChI is InChI=1S/C15H26N4O/c1-11-10-14(5-7-16-11)15(20)17-6-4-8-19-13(3)9-12(2)18-19/h9,11,14,16H,4-8,10H2,1-3H3,(H,17,20). The Morgan fingerprint density at radius 1 is 1.55 bits per heavy atom. The molecule has 0 aliphatic carbocycles.